The van der Waals surface area contributed by atoms with Gasteiger partial charge in [0, 0.05) is 23.6 Å². The Morgan fingerprint density at radius 3 is 2.35 bits per heavy atom. The van der Waals surface area contributed by atoms with E-state index in [9.17, 15) is 13.2 Å². The average Bonchev–Trinajstić information content (AvgIpc) is 2.82. The minimum absolute atomic E-state index is 0.00691. The molecule has 0 radical (unpaired) electrons. The summed E-state index contributed by atoms with van der Waals surface area (Å²) >= 11 is 6.11. The van der Waals surface area contributed by atoms with Gasteiger partial charge >= 0.3 is 0 Å². The molecule has 0 aromatic heterocycles. The SMILES string of the molecule is CCOc1ccc(Oc2ccc(Cl)cc2NC(=O)c2ccc(S(=O)(=O)NCCC#N)cc2)cc1. The maximum Gasteiger partial charge on any atom is 0.255 e. The molecule has 8 nitrogen and oxygen atoms in total. The molecule has 0 aliphatic rings. The van der Waals surface area contributed by atoms with Crippen LogP contribution in [-0.2, 0) is 10.0 Å². The van der Waals surface area contributed by atoms with Crippen LogP contribution in [0.5, 0.6) is 17.2 Å². The molecule has 0 unspecified atom stereocenters. The first-order chi connectivity index (χ1) is 16.3. The van der Waals surface area contributed by atoms with Gasteiger partial charge in [0.15, 0.2) is 5.75 Å². The van der Waals surface area contributed by atoms with Crippen LogP contribution >= 0.6 is 11.6 Å². The number of rotatable bonds is 10. The van der Waals surface area contributed by atoms with Crippen molar-refractivity contribution in [3.63, 3.8) is 0 Å². The van der Waals surface area contributed by atoms with Crippen molar-refractivity contribution >= 4 is 33.2 Å². The number of nitrogens with one attached hydrogen (secondary N) is 2. The summed E-state index contributed by atoms with van der Waals surface area (Å²) in [5.41, 5.74) is 0.587. The van der Waals surface area contributed by atoms with E-state index in [2.05, 4.69) is 10.0 Å². The highest BCUT2D eigenvalue weighted by Crippen LogP contribution is 2.33. The second kappa shape index (κ2) is 11.5. The van der Waals surface area contributed by atoms with E-state index in [0.717, 1.165) is 0 Å². The molecule has 1 amide bonds. The van der Waals surface area contributed by atoms with Crippen molar-refractivity contribution in [1.82, 2.24) is 4.72 Å². The van der Waals surface area contributed by atoms with Crippen molar-refractivity contribution in [2.24, 2.45) is 0 Å². The van der Waals surface area contributed by atoms with Gasteiger partial charge in [-0.25, -0.2) is 13.1 Å². The summed E-state index contributed by atoms with van der Waals surface area (Å²) in [6.45, 7) is 2.46. The highest BCUT2D eigenvalue weighted by molar-refractivity contribution is 7.89. The Balaban J connectivity index is 1.74. The molecule has 2 N–H and O–H groups in total. The number of halogens is 1. The number of hydrogen-bond acceptors (Lipinski definition) is 6. The van der Waals surface area contributed by atoms with Gasteiger partial charge < -0.3 is 14.8 Å². The van der Waals surface area contributed by atoms with E-state index < -0.39 is 15.9 Å². The number of amides is 1. The summed E-state index contributed by atoms with van der Waals surface area (Å²) in [6.07, 6.45) is 0.0560. The molecule has 0 atom stereocenters. The number of anilines is 1. The van der Waals surface area contributed by atoms with Gasteiger partial charge in [-0.3, -0.25) is 4.79 Å². The van der Waals surface area contributed by atoms with Gasteiger partial charge in [0.1, 0.15) is 11.5 Å². The second-order valence-electron chi connectivity index (χ2n) is 6.93. The van der Waals surface area contributed by atoms with Gasteiger partial charge in [0.25, 0.3) is 5.91 Å². The van der Waals surface area contributed by atoms with Crippen molar-refractivity contribution in [2.75, 3.05) is 18.5 Å². The second-order valence-corrected chi connectivity index (χ2v) is 9.13. The summed E-state index contributed by atoms with van der Waals surface area (Å²) in [7, 11) is -3.77. The molecule has 0 bridgehead atoms. The van der Waals surface area contributed by atoms with Crippen molar-refractivity contribution in [3.05, 3.63) is 77.3 Å². The Kier molecular flexibility index (Phi) is 8.49. The van der Waals surface area contributed by atoms with Crippen molar-refractivity contribution in [2.45, 2.75) is 18.2 Å². The first kappa shape index (κ1) is 25.1. The summed E-state index contributed by atoms with van der Waals surface area (Å²) in [5.74, 6) is 1.16. The fourth-order valence-corrected chi connectivity index (χ4v) is 4.09. The fraction of sp³-hybridized carbons (Fsp3) is 0.167. The van der Waals surface area contributed by atoms with Crippen molar-refractivity contribution in [3.8, 4) is 23.3 Å². The first-order valence-corrected chi connectivity index (χ1v) is 12.2. The smallest absolute Gasteiger partial charge is 0.255 e. The zero-order valence-electron chi connectivity index (χ0n) is 18.2. The number of hydrogen-bond donors (Lipinski definition) is 2. The van der Waals surface area contributed by atoms with Crippen LogP contribution in [0.3, 0.4) is 0 Å². The lowest BCUT2D eigenvalue weighted by Gasteiger charge is -2.13. The predicted octanol–water partition coefficient (Wildman–Crippen LogP) is 4.98. The topological polar surface area (TPSA) is 118 Å². The molecule has 0 spiro atoms. The van der Waals surface area contributed by atoms with Crippen LogP contribution in [0.25, 0.3) is 0 Å². The molecule has 0 aliphatic carbocycles. The van der Waals surface area contributed by atoms with Gasteiger partial charge in [0.05, 0.1) is 23.3 Å². The Morgan fingerprint density at radius 1 is 1.03 bits per heavy atom. The molecule has 3 aromatic rings. The largest absolute Gasteiger partial charge is 0.494 e. The van der Waals surface area contributed by atoms with Crippen LogP contribution in [0.15, 0.2) is 71.6 Å². The molecule has 0 saturated heterocycles. The quantitative estimate of drug-likeness (QED) is 0.380. The van der Waals surface area contributed by atoms with Crippen LogP contribution in [0, 0.1) is 11.3 Å². The van der Waals surface area contributed by atoms with E-state index in [1.165, 1.54) is 24.3 Å². The number of nitriles is 1. The molecule has 0 fully saturated rings. The summed E-state index contributed by atoms with van der Waals surface area (Å²) in [5, 5.41) is 11.7. The maximum atomic E-state index is 12.8. The maximum absolute atomic E-state index is 12.8. The fourth-order valence-electron chi connectivity index (χ4n) is 2.89. The van der Waals surface area contributed by atoms with Crippen LogP contribution in [-0.4, -0.2) is 27.5 Å². The highest BCUT2D eigenvalue weighted by atomic mass is 35.5. The highest BCUT2D eigenvalue weighted by Gasteiger charge is 2.16. The van der Waals surface area contributed by atoms with Crippen LogP contribution in [0.1, 0.15) is 23.7 Å². The van der Waals surface area contributed by atoms with Gasteiger partial charge in [0.2, 0.25) is 10.0 Å². The molecule has 0 aliphatic heterocycles. The van der Waals surface area contributed by atoms with Gasteiger partial charge in [-0.05, 0) is 73.7 Å². The lowest BCUT2D eigenvalue weighted by atomic mass is 10.2. The number of carbonyl (C=O) groups excluding carboxylic acids is 1. The third-order valence-electron chi connectivity index (χ3n) is 4.51. The Hall–Kier alpha value is -3.58. The monoisotopic (exact) mass is 499 g/mol. The Labute approximate surface area is 203 Å². The van der Waals surface area contributed by atoms with Crippen molar-refractivity contribution in [1.29, 1.82) is 5.26 Å². The van der Waals surface area contributed by atoms with E-state index >= 15 is 0 Å². The molecule has 176 valence electrons. The molecule has 0 heterocycles. The number of benzene rings is 3. The third-order valence-corrected chi connectivity index (χ3v) is 6.22. The first-order valence-electron chi connectivity index (χ1n) is 10.3. The molecule has 10 heteroatoms. The zero-order valence-corrected chi connectivity index (χ0v) is 19.8. The third kappa shape index (κ3) is 6.71. The van der Waals surface area contributed by atoms with Crippen molar-refractivity contribution < 1.29 is 22.7 Å². The minimum Gasteiger partial charge on any atom is -0.494 e. The van der Waals surface area contributed by atoms with Gasteiger partial charge in [-0.1, -0.05) is 11.6 Å². The Bertz CT molecular complexity index is 1290. The molecule has 34 heavy (non-hydrogen) atoms. The molecule has 0 saturated carbocycles. The normalized spacial score (nSPS) is 10.9. The predicted molar refractivity (Wildman–Crippen MR) is 129 cm³/mol. The van der Waals surface area contributed by atoms with E-state index in [0.29, 0.717) is 34.6 Å². The zero-order chi connectivity index (χ0) is 24.6. The minimum atomic E-state index is -3.77. The molecule has 3 aromatic carbocycles. The van der Waals surface area contributed by atoms with Crippen LogP contribution in [0.2, 0.25) is 5.02 Å². The van der Waals surface area contributed by atoms with E-state index in [1.54, 1.807) is 42.5 Å². The summed E-state index contributed by atoms with van der Waals surface area (Å²) in [6, 6.07) is 19.2. The van der Waals surface area contributed by atoms with Gasteiger partial charge in [-0.15, -0.1) is 0 Å². The van der Waals surface area contributed by atoms with Crippen LogP contribution < -0.4 is 19.5 Å². The van der Waals surface area contributed by atoms with Crippen LogP contribution in [0.4, 0.5) is 5.69 Å². The molecule has 3 rings (SSSR count). The Morgan fingerprint density at radius 2 is 1.71 bits per heavy atom. The number of nitrogens with zero attached hydrogens (tertiary/aromatic N) is 1. The number of carbonyl (C=O) groups is 1. The lowest BCUT2D eigenvalue weighted by Crippen LogP contribution is -2.24. The lowest BCUT2D eigenvalue weighted by molar-refractivity contribution is 0.102. The van der Waals surface area contributed by atoms with E-state index in [1.807, 2.05) is 13.0 Å². The van der Waals surface area contributed by atoms with E-state index in [-0.39, 0.29) is 23.4 Å². The average molecular weight is 500 g/mol. The van der Waals surface area contributed by atoms with E-state index in [4.69, 9.17) is 26.3 Å². The van der Waals surface area contributed by atoms with Gasteiger partial charge in [-0.2, -0.15) is 5.26 Å². The number of sulfonamides is 1. The summed E-state index contributed by atoms with van der Waals surface area (Å²) < 4.78 is 38.1. The summed E-state index contributed by atoms with van der Waals surface area (Å²) in [4.78, 5) is 12.8. The standard InChI is InChI=1S/C24H22ClN3O5S/c1-2-32-19-7-9-20(10-8-19)33-23-13-6-18(25)16-22(23)28-24(29)17-4-11-21(12-5-17)34(30,31)27-15-3-14-26/h4-13,16,27H,2-3,15H2,1H3,(H,28,29). The molecular formula is C24H22ClN3O5S. The molecular weight excluding hydrogens is 478 g/mol. The number of ether oxygens (including phenoxy) is 2.